The van der Waals surface area contributed by atoms with E-state index in [1.54, 1.807) is 17.0 Å². The van der Waals surface area contributed by atoms with Crippen molar-refractivity contribution in [3.05, 3.63) is 58.9 Å². The van der Waals surface area contributed by atoms with Gasteiger partial charge in [0.1, 0.15) is 11.9 Å². The Labute approximate surface area is 249 Å². The number of aromatic nitrogens is 1. The molecule has 2 unspecified atom stereocenters. The van der Waals surface area contributed by atoms with Gasteiger partial charge in [-0.25, -0.2) is 13.2 Å². The first-order valence-corrected chi connectivity index (χ1v) is 14.6. The second-order valence-electron chi connectivity index (χ2n) is 11.7. The van der Waals surface area contributed by atoms with Gasteiger partial charge in [-0.1, -0.05) is 11.2 Å². The lowest BCUT2D eigenvalue weighted by atomic mass is 9.97. The predicted octanol–water partition coefficient (Wildman–Crippen LogP) is 2.40. The van der Waals surface area contributed by atoms with Gasteiger partial charge in [0.15, 0.2) is 11.4 Å². The maximum absolute atomic E-state index is 15.6. The van der Waals surface area contributed by atoms with E-state index in [9.17, 15) is 23.6 Å². The Morgan fingerprint density at radius 2 is 1.80 bits per heavy atom. The van der Waals surface area contributed by atoms with Crippen LogP contribution in [-0.4, -0.2) is 101 Å². The third-order valence-electron chi connectivity index (χ3n) is 9.09. The summed E-state index contributed by atoms with van der Waals surface area (Å²) in [6.45, 7) is 1.15. The third-order valence-corrected chi connectivity index (χ3v) is 9.09. The molecule has 44 heavy (non-hydrogen) atoms. The van der Waals surface area contributed by atoms with Crippen molar-refractivity contribution in [2.24, 2.45) is 0 Å². The van der Waals surface area contributed by atoms with E-state index < -0.39 is 48.1 Å². The first-order chi connectivity index (χ1) is 21.1. The van der Waals surface area contributed by atoms with E-state index in [2.05, 4.69) is 10.5 Å². The van der Waals surface area contributed by atoms with Crippen LogP contribution < -0.4 is 10.2 Å². The smallest absolute Gasteiger partial charge is 0.280 e. The monoisotopic (exact) mass is 610 g/mol. The van der Waals surface area contributed by atoms with Crippen LogP contribution in [0.5, 0.6) is 0 Å². The number of amides is 4. The molecule has 5 heterocycles. The number of benzene rings is 2. The van der Waals surface area contributed by atoms with Crippen molar-refractivity contribution in [2.75, 3.05) is 44.2 Å². The van der Waals surface area contributed by atoms with E-state index in [4.69, 9.17) is 4.52 Å². The van der Waals surface area contributed by atoms with Crippen molar-refractivity contribution in [3.8, 4) is 0 Å². The fourth-order valence-corrected chi connectivity index (χ4v) is 6.79. The van der Waals surface area contributed by atoms with E-state index in [0.717, 1.165) is 4.90 Å². The Balaban J connectivity index is 0.988. The molecule has 4 aliphatic rings. The number of imide groups is 1. The summed E-state index contributed by atoms with van der Waals surface area (Å²) in [5.74, 6) is -4.98. The Morgan fingerprint density at radius 1 is 1.00 bits per heavy atom. The molecule has 1 aromatic heterocycles. The number of hydrogen-bond donors (Lipinski definition) is 1. The minimum Gasteiger partial charge on any atom is -0.354 e. The molecular weight excluding hydrogens is 581 g/mol. The minimum atomic E-state index is -3.16. The first-order valence-electron chi connectivity index (χ1n) is 14.6. The number of halogens is 3. The second-order valence-corrected chi connectivity index (χ2v) is 11.7. The molecule has 230 valence electrons. The highest BCUT2D eigenvalue weighted by Gasteiger charge is 2.49. The highest BCUT2D eigenvalue weighted by molar-refractivity contribution is 6.06. The number of hydrogen-bond acceptors (Lipinski definition) is 8. The second kappa shape index (κ2) is 10.6. The quantitative estimate of drug-likeness (QED) is 0.448. The van der Waals surface area contributed by atoms with Gasteiger partial charge in [-0.2, -0.15) is 0 Å². The molecule has 2 atom stereocenters. The van der Waals surface area contributed by atoms with Crippen molar-refractivity contribution in [3.63, 3.8) is 0 Å². The van der Waals surface area contributed by atoms with E-state index in [-0.39, 0.29) is 49.4 Å². The summed E-state index contributed by atoms with van der Waals surface area (Å²) in [5, 5.41) is 6.98. The molecule has 11 nitrogen and oxygen atoms in total. The zero-order valence-corrected chi connectivity index (χ0v) is 23.6. The fraction of sp³-hybridized carbons (Fsp3) is 0.433. The minimum absolute atomic E-state index is 0.0814. The molecule has 4 aliphatic heterocycles. The van der Waals surface area contributed by atoms with Crippen molar-refractivity contribution >= 4 is 40.4 Å². The molecular formula is C30H29F3N6O5. The van der Waals surface area contributed by atoms with Crippen LogP contribution in [0.2, 0.25) is 0 Å². The summed E-state index contributed by atoms with van der Waals surface area (Å²) < 4.78 is 49.9. The van der Waals surface area contributed by atoms with Gasteiger partial charge in [0.05, 0.1) is 18.0 Å². The van der Waals surface area contributed by atoms with Crippen LogP contribution in [0.25, 0.3) is 11.0 Å². The van der Waals surface area contributed by atoms with Gasteiger partial charge in [-0.15, -0.1) is 0 Å². The molecule has 4 amide bonds. The summed E-state index contributed by atoms with van der Waals surface area (Å²) in [5.41, 5.74) is 1.34. The number of anilines is 1. The van der Waals surface area contributed by atoms with E-state index in [1.165, 1.54) is 29.2 Å². The molecule has 14 heteroatoms. The molecule has 3 fully saturated rings. The molecule has 3 aromatic rings. The zero-order chi connectivity index (χ0) is 30.7. The van der Waals surface area contributed by atoms with Gasteiger partial charge < -0.3 is 19.2 Å². The molecule has 1 N–H and O–H groups in total. The molecule has 7 rings (SSSR count). The first kappa shape index (κ1) is 28.3. The van der Waals surface area contributed by atoms with Gasteiger partial charge in [0.2, 0.25) is 11.8 Å². The summed E-state index contributed by atoms with van der Waals surface area (Å²) in [7, 11) is 0. The van der Waals surface area contributed by atoms with Crippen molar-refractivity contribution in [1.29, 1.82) is 0 Å². The summed E-state index contributed by atoms with van der Waals surface area (Å²) in [6.07, 6.45) is 0.423. The average molecular weight is 611 g/mol. The number of nitrogens with one attached hydrogen (secondary N) is 1. The summed E-state index contributed by atoms with van der Waals surface area (Å²) >= 11 is 0. The van der Waals surface area contributed by atoms with Crippen LogP contribution in [0.3, 0.4) is 0 Å². The van der Waals surface area contributed by atoms with E-state index >= 15 is 8.78 Å². The zero-order valence-electron chi connectivity index (χ0n) is 23.6. The number of rotatable bonds is 4. The molecule has 0 spiro atoms. The number of alkyl halides is 2. The number of piperazine rings is 1. The fourth-order valence-electron chi connectivity index (χ4n) is 6.79. The topological polar surface area (TPSA) is 119 Å². The molecule has 3 saturated heterocycles. The number of nitrogens with zero attached hydrogens (tertiary/aromatic N) is 5. The van der Waals surface area contributed by atoms with Gasteiger partial charge in [0, 0.05) is 62.9 Å². The molecule has 0 saturated carbocycles. The summed E-state index contributed by atoms with van der Waals surface area (Å²) in [6, 6.07) is 6.90. The Morgan fingerprint density at radius 3 is 2.55 bits per heavy atom. The normalized spacial score (nSPS) is 24.2. The summed E-state index contributed by atoms with van der Waals surface area (Å²) in [4.78, 5) is 56.5. The maximum Gasteiger partial charge on any atom is 0.280 e. The van der Waals surface area contributed by atoms with Crippen LogP contribution in [-0.2, 0) is 16.1 Å². The van der Waals surface area contributed by atoms with Gasteiger partial charge in [-0.05, 0) is 42.7 Å². The van der Waals surface area contributed by atoms with E-state index in [0.29, 0.717) is 48.5 Å². The highest BCUT2D eigenvalue weighted by atomic mass is 19.3. The lowest BCUT2D eigenvalue weighted by Gasteiger charge is -2.46. The van der Waals surface area contributed by atoms with Gasteiger partial charge in [-0.3, -0.25) is 29.4 Å². The molecule has 0 aliphatic carbocycles. The third kappa shape index (κ3) is 4.86. The standard InChI is InChI=1S/C30H29F3N6O5/c31-19-3-4-20-23(14-19)44-35-26(20)37-11-9-36(10-12-37)24-7-8-38(16-30(24,32)33)28(42)17-1-2-18-15-39(29(43)21(18)13-17)22-5-6-25(40)34-27(22)41/h1-4,13-14,22,24H,5-12,15-16H2,(H,34,40,41). The van der Waals surface area contributed by atoms with Crippen LogP contribution >= 0.6 is 0 Å². The Bertz CT molecular complexity index is 1690. The van der Waals surface area contributed by atoms with Crippen molar-refractivity contribution in [1.82, 2.24) is 25.2 Å². The molecule has 0 bridgehead atoms. The number of carbonyl (C=O) groups is 4. The van der Waals surface area contributed by atoms with Gasteiger partial charge in [0.25, 0.3) is 17.7 Å². The van der Waals surface area contributed by atoms with E-state index in [1.807, 2.05) is 4.90 Å². The molecule has 0 radical (unpaired) electrons. The Hall–Kier alpha value is -4.46. The van der Waals surface area contributed by atoms with Crippen LogP contribution in [0.1, 0.15) is 45.5 Å². The Kier molecular flexibility index (Phi) is 6.83. The number of piperidine rings is 2. The maximum atomic E-state index is 15.6. The lowest BCUT2D eigenvalue weighted by Crippen LogP contribution is -2.62. The largest absolute Gasteiger partial charge is 0.354 e. The van der Waals surface area contributed by atoms with Crippen LogP contribution in [0.4, 0.5) is 19.0 Å². The number of likely N-dealkylation sites (tertiary alicyclic amines) is 1. The highest BCUT2D eigenvalue weighted by Crippen LogP contribution is 2.35. The average Bonchev–Trinajstić information content (AvgIpc) is 3.56. The van der Waals surface area contributed by atoms with Gasteiger partial charge >= 0.3 is 0 Å². The van der Waals surface area contributed by atoms with Crippen molar-refractivity contribution in [2.45, 2.75) is 43.8 Å². The van der Waals surface area contributed by atoms with Crippen molar-refractivity contribution < 1.29 is 36.9 Å². The van der Waals surface area contributed by atoms with Crippen LogP contribution in [0, 0.1) is 5.82 Å². The van der Waals surface area contributed by atoms with Crippen LogP contribution in [0.15, 0.2) is 40.9 Å². The lowest BCUT2D eigenvalue weighted by molar-refractivity contribution is -0.136. The SMILES string of the molecule is O=C1CCC(N2Cc3ccc(C(=O)N4CCC(N5CCN(c6noc7cc(F)ccc67)CC5)C(F)(F)C4)cc3C2=O)C(=O)N1. The predicted molar refractivity (Wildman–Crippen MR) is 149 cm³/mol. The number of fused-ring (bicyclic) bond motifs is 2. The number of carbonyl (C=O) groups excluding carboxylic acids is 4. The molecule has 2 aromatic carbocycles.